The number of imidazole rings is 1. The van der Waals surface area contributed by atoms with Crippen molar-refractivity contribution in [3.63, 3.8) is 0 Å². The fourth-order valence-corrected chi connectivity index (χ4v) is 2.75. The van der Waals surface area contributed by atoms with Crippen LogP contribution in [0, 0.1) is 0 Å². The standard InChI is InChI=1S/C11H18N4S/c1-3-9-8-16-11(14-9)13-5-4-10-12-6-7-15(10)2/h6-7,9H,3-5,8H2,1-2H3,(H,13,14). The van der Waals surface area contributed by atoms with Crippen LogP contribution < -0.4 is 5.32 Å². The molecular formula is C11H18N4S. The number of nitrogens with zero attached hydrogens (tertiary/aromatic N) is 3. The number of hydrogen-bond acceptors (Lipinski definition) is 3. The zero-order chi connectivity index (χ0) is 11.4. The third-order valence-electron chi connectivity index (χ3n) is 2.75. The number of thioether (sulfide) groups is 1. The molecule has 0 saturated carbocycles. The van der Waals surface area contributed by atoms with Crippen LogP contribution in [-0.4, -0.2) is 33.1 Å². The van der Waals surface area contributed by atoms with E-state index in [1.165, 1.54) is 6.42 Å². The van der Waals surface area contributed by atoms with Crippen LogP contribution in [0.2, 0.25) is 0 Å². The van der Waals surface area contributed by atoms with Gasteiger partial charge >= 0.3 is 0 Å². The highest BCUT2D eigenvalue weighted by atomic mass is 32.2. The van der Waals surface area contributed by atoms with Crippen molar-refractivity contribution >= 4 is 16.9 Å². The van der Waals surface area contributed by atoms with Gasteiger partial charge in [0, 0.05) is 44.2 Å². The van der Waals surface area contributed by atoms with E-state index >= 15 is 0 Å². The third-order valence-corrected chi connectivity index (χ3v) is 3.84. The number of aryl methyl sites for hydroxylation is 1. The lowest BCUT2D eigenvalue weighted by Gasteiger charge is -2.04. The lowest BCUT2D eigenvalue weighted by molar-refractivity contribution is 0.666. The summed E-state index contributed by atoms with van der Waals surface area (Å²) in [4.78, 5) is 8.83. The lowest BCUT2D eigenvalue weighted by atomic mass is 10.3. The smallest absolute Gasteiger partial charge is 0.156 e. The second-order valence-corrected chi connectivity index (χ2v) is 4.96. The highest BCUT2D eigenvalue weighted by Crippen LogP contribution is 2.15. The molecule has 1 saturated heterocycles. The van der Waals surface area contributed by atoms with Crippen LogP contribution in [0.25, 0.3) is 0 Å². The number of hydrogen-bond donors (Lipinski definition) is 1. The Balaban J connectivity index is 1.80. The average Bonchev–Trinajstić information content (AvgIpc) is 2.89. The summed E-state index contributed by atoms with van der Waals surface area (Å²) < 4.78 is 2.05. The molecule has 1 aliphatic heterocycles. The number of aromatic nitrogens is 2. The molecule has 2 rings (SSSR count). The van der Waals surface area contributed by atoms with Crippen molar-refractivity contribution in [2.75, 3.05) is 12.3 Å². The zero-order valence-corrected chi connectivity index (χ0v) is 10.6. The first-order chi connectivity index (χ1) is 7.79. The first-order valence-electron chi connectivity index (χ1n) is 5.69. The van der Waals surface area contributed by atoms with Crippen molar-refractivity contribution in [2.45, 2.75) is 25.8 Å². The largest absolute Gasteiger partial charge is 0.361 e. The highest BCUT2D eigenvalue weighted by molar-refractivity contribution is 8.14. The Kier molecular flexibility index (Phi) is 3.88. The van der Waals surface area contributed by atoms with Crippen molar-refractivity contribution in [1.29, 1.82) is 0 Å². The van der Waals surface area contributed by atoms with Gasteiger partial charge in [0.15, 0.2) is 5.17 Å². The van der Waals surface area contributed by atoms with E-state index in [-0.39, 0.29) is 0 Å². The molecule has 1 unspecified atom stereocenters. The Hall–Kier alpha value is -0.970. The molecule has 16 heavy (non-hydrogen) atoms. The highest BCUT2D eigenvalue weighted by Gasteiger charge is 2.17. The van der Waals surface area contributed by atoms with E-state index < -0.39 is 0 Å². The van der Waals surface area contributed by atoms with Gasteiger partial charge in [0.25, 0.3) is 0 Å². The molecule has 0 radical (unpaired) electrons. The van der Waals surface area contributed by atoms with Crippen molar-refractivity contribution in [3.05, 3.63) is 18.2 Å². The van der Waals surface area contributed by atoms with Gasteiger partial charge in [0.2, 0.25) is 0 Å². The fraction of sp³-hybridized carbons (Fsp3) is 0.636. The lowest BCUT2D eigenvalue weighted by Crippen LogP contribution is -2.26. The molecule has 1 atom stereocenters. The van der Waals surface area contributed by atoms with Crippen molar-refractivity contribution in [2.24, 2.45) is 12.0 Å². The van der Waals surface area contributed by atoms with Crippen LogP contribution in [0.5, 0.6) is 0 Å². The second-order valence-electron chi connectivity index (χ2n) is 3.95. The van der Waals surface area contributed by atoms with Crippen LogP contribution in [-0.2, 0) is 13.5 Å². The molecule has 1 aliphatic rings. The normalized spacial score (nSPS) is 22.6. The number of aliphatic imine (C=N–C) groups is 1. The molecule has 1 fully saturated rings. The average molecular weight is 238 g/mol. The summed E-state index contributed by atoms with van der Waals surface area (Å²) in [5.41, 5.74) is 0. The van der Waals surface area contributed by atoms with Crippen molar-refractivity contribution in [3.8, 4) is 0 Å². The molecule has 1 aromatic heterocycles. The van der Waals surface area contributed by atoms with Gasteiger partial charge in [-0.1, -0.05) is 18.7 Å². The zero-order valence-electron chi connectivity index (χ0n) is 9.81. The van der Waals surface area contributed by atoms with E-state index in [9.17, 15) is 0 Å². The maximum atomic E-state index is 4.55. The Bertz CT molecular complexity index is 372. The van der Waals surface area contributed by atoms with Gasteiger partial charge < -0.3 is 9.88 Å². The van der Waals surface area contributed by atoms with Crippen LogP contribution >= 0.6 is 11.8 Å². The monoisotopic (exact) mass is 238 g/mol. The van der Waals surface area contributed by atoms with Gasteiger partial charge in [0.1, 0.15) is 5.82 Å². The van der Waals surface area contributed by atoms with Crippen LogP contribution in [0.15, 0.2) is 17.4 Å². The number of nitrogens with one attached hydrogen (secondary N) is 1. The number of amidine groups is 1. The molecule has 1 N–H and O–H groups in total. The van der Waals surface area contributed by atoms with Crippen LogP contribution in [0.4, 0.5) is 0 Å². The molecule has 0 amide bonds. The third kappa shape index (κ3) is 2.78. The molecule has 0 spiro atoms. The molecule has 2 heterocycles. The quantitative estimate of drug-likeness (QED) is 0.863. The summed E-state index contributed by atoms with van der Waals surface area (Å²) in [7, 11) is 2.02. The minimum Gasteiger partial charge on any atom is -0.361 e. The minimum absolute atomic E-state index is 0.608. The molecule has 4 nitrogen and oxygen atoms in total. The summed E-state index contributed by atoms with van der Waals surface area (Å²) in [6.07, 6.45) is 5.88. The van der Waals surface area contributed by atoms with E-state index in [2.05, 4.69) is 22.2 Å². The SMILES string of the molecule is CCC1CSC(=NCCc2nccn2C)N1. The van der Waals surface area contributed by atoms with Crippen molar-refractivity contribution in [1.82, 2.24) is 14.9 Å². The van der Waals surface area contributed by atoms with E-state index in [0.29, 0.717) is 6.04 Å². The molecule has 0 aromatic carbocycles. The first kappa shape index (κ1) is 11.5. The maximum absolute atomic E-state index is 4.55. The second kappa shape index (κ2) is 5.39. The van der Waals surface area contributed by atoms with E-state index in [4.69, 9.17) is 0 Å². The molecule has 88 valence electrons. The molecule has 0 bridgehead atoms. The first-order valence-corrected chi connectivity index (χ1v) is 6.68. The molecular weight excluding hydrogens is 220 g/mol. The van der Waals surface area contributed by atoms with Gasteiger partial charge in [-0.25, -0.2) is 4.98 Å². The summed E-state index contributed by atoms with van der Waals surface area (Å²) in [5.74, 6) is 2.25. The Morgan fingerprint density at radius 3 is 3.19 bits per heavy atom. The van der Waals surface area contributed by atoms with Gasteiger partial charge in [-0.3, -0.25) is 4.99 Å². The Labute approximate surface area is 101 Å². The van der Waals surface area contributed by atoms with E-state index in [0.717, 1.165) is 29.7 Å². The van der Waals surface area contributed by atoms with Gasteiger partial charge in [0.05, 0.1) is 0 Å². The van der Waals surface area contributed by atoms with Crippen molar-refractivity contribution < 1.29 is 0 Å². The topological polar surface area (TPSA) is 42.2 Å². The fourth-order valence-electron chi connectivity index (χ4n) is 1.64. The van der Waals surface area contributed by atoms with Gasteiger partial charge in [-0.15, -0.1) is 0 Å². The summed E-state index contributed by atoms with van der Waals surface area (Å²) >= 11 is 1.83. The molecule has 0 aliphatic carbocycles. The Morgan fingerprint density at radius 1 is 1.69 bits per heavy atom. The van der Waals surface area contributed by atoms with Crippen LogP contribution in [0.3, 0.4) is 0 Å². The number of rotatable bonds is 4. The molecule has 1 aromatic rings. The summed E-state index contributed by atoms with van der Waals surface area (Å²) in [6.45, 7) is 3.02. The van der Waals surface area contributed by atoms with E-state index in [1.807, 2.05) is 35.8 Å². The predicted molar refractivity (Wildman–Crippen MR) is 68.9 cm³/mol. The maximum Gasteiger partial charge on any atom is 0.156 e. The van der Waals surface area contributed by atoms with Gasteiger partial charge in [-0.05, 0) is 6.42 Å². The van der Waals surface area contributed by atoms with Crippen LogP contribution in [0.1, 0.15) is 19.2 Å². The molecule has 5 heteroatoms. The predicted octanol–water partition coefficient (Wildman–Crippen LogP) is 1.43. The summed E-state index contributed by atoms with van der Waals surface area (Å²) in [6, 6.07) is 0.608. The minimum atomic E-state index is 0.608. The summed E-state index contributed by atoms with van der Waals surface area (Å²) in [5, 5.41) is 4.52. The Morgan fingerprint density at radius 2 is 2.56 bits per heavy atom. The van der Waals surface area contributed by atoms with E-state index in [1.54, 1.807) is 0 Å². The van der Waals surface area contributed by atoms with Gasteiger partial charge in [-0.2, -0.15) is 0 Å².